The van der Waals surface area contributed by atoms with E-state index in [9.17, 15) is 0 Å². The molecule has 0 N–H and O–H groups in total. The number of nitrogens with zero attached hydrogens (tertiary/aromatic N) is 1. The SMILES string of the molecule is CC(C)(C)c1ccccc1[N+](C)(C)C.[I-]. The third-order valence-electron chi connectivity index (χ3n) is 2.43. The highest BCUT2D eigenvalue weighted by Crippen LogP contribution is 2.32. The highest BCUT2D eigenvalue weighted by atomic mass is 127. The van der Waals surface area contributed by atoms with Crippen LogP contribution in [-0.4, -0.2) is 21.1 Å². The van der Waals surface area contributed by atoms with Crippen LogP contribution < -0.4 is 28.5 Å². The largest absolute Gasteiger partial charge is 1.00 e. The molecule has 0 heterocycles. The lowest BCUT2D eigenvalue weighted by atomic mass is 9.85. The Morgan fingerprint density at radius 1 is 0.933 bits per heavy atom. The maximum atomic E-state index is 2.27. The molecule has 0 aliphatic rings. The summed E-state index contributed by atoms with van der Waals surface area (Å²) >= 11 is 0. The average Bonchev–Trinajstić information content (AvgIpc) is 2.01. The van der Waals surface area contributed by atoms with Gasteiger partial charge in [0.05, 0.1) is 21.1 Å². The van der Waals surface area contributed by atoms with Crippen LogP contribution in [0.15, 0.2) is 24.3 Å². The Morgan fingerprint density at radius 2 is 1.40 bits per heavy atom. The summed E-state index contributed by atoms with van der Waals surface area (Å²) in [5.41, 5.74) is 3.06. The monoisotopic (exact) mass is 319 g/mol. The first-order chi connectivity index (χ1) is 6.23. The van der Waals surface area contributed by atoms with E-state index in [2.05, 4.69) is 66.2 Å². The molecular formula is C13H22IN. The zero-order valence-electron chi connectivity index (χ0n) is 10.6. The van der Waals surface area contributed by atoms with Gasteiger partial charge < -0.3 is 24.0 Å². The van der Waals surface area contributed by atoms with Gasteiger partial charge in [-0.3, -0.25) is 4.48 Å². The van der Waals surface area contributed by atoms with Crippen molar-refractivity contribution in [2.45, 2.75) is 26.2 Å². The first-order valence-corrected chi connectivity index (χ1v) is 5.14. The smallest absolute Gasteiger partial charge is 0.135 e. The van der Waals surface area contributed by atoms with Crippen molar-refractivity contribution in [3.05, 3.63) is 29.8 Å². The van der Waals surface area contributed by atoms with Gasteiger partial charge in [0.1, 0.15) is 5.69 Å². The Hall–Kier alpha value is -0.0900. The quantitative estimate of drug-likeness (QED) is 0.512. The molecule has 0 aromatic heterocycles. The second-order valence-corrected chi connectivity index (χ2v) is 5.78. The second-order valence-electron chi connectivity index (χ2n) is 5.78. The molecule has 1 aromatic carbocycles. The van der Waals surface area contributed by atoms with E-state index in [0.29, 0.717) is 0 Å². The summed E-state index contributed by atoms with van der Waals surface area (Å²) in [4.78, 5) is 0. The minimum atomic E-state index is 0. The predicted molar refractivity (Wildman–Crippen MR) is 64.7 cm³/mol. The average molecular weight is 319 g/mol. The van der Waals surface area contributed by atoms with Crippen LogP contribution in [0.5, 0.6) is 0 Å². The van der Waals surface area contributed by atoms with Crippen LogP contribution in [0.2, 0.25) is 0 Å². The van der Waals surface area contributed by atoms with E-state index in [1.165, 1.54) is 11.3 Å². The number of quaternary nitrogens is 1. The van der Waals surface area contributed by atoms with Gasteiger partial charge in [0.25, 0.3) is 0 Å². The third-order valence-corrected chi connectivity index (χ3v) is 2.43. The molecule has 1 nitrogen and oxygen atoms in total. The number of halogens is 1. The molecule has 0 aliphatic heterocycles. The number of hydrogen-bond acceptors (Lipinski definition) is 0. The number of benzene rings is 1. The lowest BCUT2D eigenvalue weighted by Crippen LogP contribution is -3.00. The van der Waals surface area contributed by atoms with Crippen LogP contribution in [0, 0.1) is 0 Å². The van der Waals surface area contributed by atoms with Crippen LogP contribution in [0.4, 0.5) is 5.69 Å². The lowest BCUT2D eigenvalue weighted by Gasteiger charge is -2.30. The third kappa shape index (κ3) is 3.76. The molecule has 2 heteroatoms. The van der Waals surface area contributed by atoms with Gasteiger partial charge in [-0.05, 0) is 11.5 Å². The van der Waals surface area contributed by atoms with Crippen molar-refractivity contribution in [2.75, 3.05) is 21.1 Å². The van der Waals surface area contributed by atoms with Gasteiger partial charge in [-0.1, -0.05) is 39.0 Å². The molecule has 0 saturated heterocycles. The highest BCUT2D eigenvalue weighted by molar-refractivity contribution is 5.52. The van der Waals surface area contributed by atoms with Crippen molar-refractivity contribution in [1.82, 2.24) is 4.48 Å². The summed E-state index contributed by atoms with van der Waals surface area (Å²) in [6, 6.07) is 8.70. The van der Waals surface area contributed by atoms with E-state index in [1.807, 2.05) is 0 Å². The number of rotatable bonds is 1. The standard InChI is InChI=1S/C13H22N.HI/c1-13(2,3)11-9-7-8-10-12(11)14(4,5)6;/h7-10H,1-6H3;1H/q+1;/p-1. The van der Waals surface area contributed by atoms with E-state index in [1.54, 1.807) is 0 Å². The minimum Gasteiger partial charge on any atom is -1.00 e. The zero-order chi connectivity index (χ0) is 11.0. The fraction of sp³-hybridized carbons (Fsp3) is 0.538. The molecule has 0 amide bonds. The topological polar surface area (TPSA) is 0 Å². The van der Waals surface area contributed by atoms with Crippen LogP contribution in [0.1, 0.15) is 26.3 Å². The molecule has 0 fully saturated rings. The number of hydrogen-bond donors (Lipinski definition) is 0. The molecule has 0 bridgehead atoms. The maximum Gasteiger partial charge on any atom is 0.135 e. The van der Waals surface area contributed by atoms with E-state index in [4.69, 9.17) is 0 Å². The van der Waals surface area contributed by atoms with Gasteiger partial charge >= 0.3 is 0 Å². The molecule has 0 unspecified atom stereocenters. The summed E-state index contributed by atoms with van der Waals surface area (Å²) in [6.45, 7) is 6.80. The van der Waals surface area contributed by atoms with Crippen molar-refractivity contribution >= 4 is 5.69 Å². The molecular weight excluding hydrogens is 297 g/mol. The van der Waals surface area contributed by atoms with Crippen LogP contribution >= 0.6 is 0 Å². The first kappa shape index (κ1) is 14.9. The summed E-state index contributed by atoms with van der Waals surface area (Å²) in [6.07, 6.45) is 0. The Morgan fingerprint density at radius 3 is 1.73 bits per heavy atom. The van der Waals surface area contributed by atoms with E-state index in [-0.39, 0.29) is 29.4 Å². The van der Waals surface area contributed by atoms with E-state index in [0.717, 1.165) is 4.48 Å². The van der Waals surface area contributed by atoms with Gasteiger partial charge in [-0.2, -0.15) is 0 Å². The van der Waals surface area contributed by atoms with Gasteiger partial charge in [0, 0.05) is 5.56 Å². The van der Waals surface area contributed by atoms with Crippen molar-refractivity contribution in [2.24, 2.45) is 0 Å². The Kier molecular flexibility index (Phi) is 4.80. The second kappa shape index (κ2) is 4.83. The lowest BCUT2D eigenvalue weighted by molar-refractivity contribution is -0.00000367. The van der Waals surface area contributed by atoms with Crippen LogP contribution in [0.3, 0.4) is 0 Å². The Bertz CT molecular complexity index is 285. The van der Waals surface area contributed by atoms with Crippen molar-refractivity contribution in [1.29, 1.82) is 0 Å². The van der Waals surface area contributed by atoms with Gasteiger partial charge in [-0.15, -0.1) is 0 Å². The van der Waals surface area contributed by atoms with Gasteiger partial charge in [0.2, 0.25) is 0 Å². The molecule has 0 spiro atoms. The predicted octanol–water partition coefficient (Wildman–Crippen LogP) is 0.185. The van der Waals surface area contributed by atoms with Gasteiger partial charge in [0.15, 0.2) is 0 Å². The molecule has 0 saturated carbocycles. The van der Waals surface area contributed by atoms with Crippen LogP contribution in [0.25, 0.3) is 0 Å². The van der Waals surface area contributed by atoms with Crippen LogP contribution in [-0.2, 0) is 5.41 Å². The molecule has 1 rings (SSSR count). The molecule has 0 atom stereocenters. The minimum absolute atomic E-state index is 0. The first-order valence-electron chi connectivity index (χ1n) is 5.14. The van der Waals surface area contributed by atoms with Crippen molar-refractivity contribution < 1.29 is 24.0 Å². The molecule has 1 aromatic rings. The maximum absolute atomic E-state index is 2.27. The summed E-state index contributed by atoms with van der Waals surface area (Å²) in [5.74, 6) is 0. The van der Waals surface area contributed by atoms with Gasteiger partial charge in [-0.25, -0.2) is 0 Å². The normalized spacial score (nSPS) is 12.1. The van der Waals surface area contributed by atoms with E-state index >= 15 is 0 Å². The van der Waals surface area contributed by atoms with Crippen molar-refractivity contribution in [3.63, 3.8) is 0 Å². The summed E-state index contributed by atoms with van der Waals surface area (Å²) < 4.78 is 0.882. The zero-order valence-corrected chi connectivity index (χ0v) is 12.8. The molecule has 0 aliphatic carbocycles. The molecule has 0 radical (unpaired) electrons. The fourth-order valence-corrected chi connectivity index (χ4v) is 1.69. The molecule has 86 valence electrons. The van der Waals surface area contributed by atoms with Crippen molar-refractivity contribution in [3.8, 4) is 0 Å². The summed E-state index contributed by atoms with van der Waals surface area (Å²) in [5, 5.41) is 0. The Balaban J connectivity index is 0.00000196. The molecule has 15 heavy (non-hydrogen) atoms. The number of para-hydroxylation sites is 1. The summed E-state index contributed by atoms with van der Waals surface area (Å²) in [7, 11) is 6.64. The van der Waals surface area contributed by atoms with E-state index < -0.39 is 0 Å². The highest BCUT2D eigenvalue weighted by Gasteiger charge is 2.24. The Labute approximate surface area is 111 Å². The fourth-order valence-electron chi connectivity index (χ4n) is 1.69.